The summed E-state index contributed by atoms with van der Waals surface area (Å²) in [7, 11) is 0. The maximum atomic E-state index is 14.0. The Hall–Kier alpha value is -1.87. The molecule has 0 aliphatic carbocycles. The Morgan fingerprint density at radius 1 is 1.25 bits per heavy atom. The fraction of sp³-hybridized carbons (Fsp3) is 0.294. The molecular formula is C17H19FN2. The Kier molecular flexibility index (Phi) is 3.45. The quantitative estimate of drug-likeness (QED) is 0.927. The Balaban J connectivity index is 1.92. The zero-order valence-electron chi connectivity index (χ0n) is 11.6. The summed E-state index contributed by atoms with van der Waals surface area (Å²) in [5.41, 5.74) is 9.90. The molecule has 0 radical (unpaired) electrons. The Morgan fingerprint density at radius 2 is 2.05 bits per heavy atom. The first-order valence-corrected chi connectivity index (χ1v) is 7.01. The fourth-order valence-corrected chi connectivity index (χ4v) is 2.93. The zero-order chi connectivity index (χ0) is 14.1. The second kappa shape index (κ2) is 5.25. The van der Waals surface area contributed by atoms with E-state index in [1.165, 1.54) is 17.3 Å². The van der Waals surface area contributed by atoms with Crippen molar-refractivity contribution in [1.82, 2.24) is 0 Å². The SMILES string of the molecule is CC1Cc2ccccc2N1Cc1cc(CN)ccc1F. The summed E-state index contributed by atoms with van der Waals surface area (Å²) in [6, 6.07) is 13.9. The molecule has 0 amide bonds. The van der Waals surface area contributed by atoms with Crippen molar-refractivity contribution < 1.29 is 4.39 Å². The molecule has 20 heavy (non-hydrogen) atoms. The van der Waals surface area contributed by atoms with Crippen molar-refractivity contribution in [3.8, 4) is 0 Å². The average Bonchev–Trinajstić information content (AvgIpc) is 2.77. The predicted molar refractivity (Wildman–Crippen MR) is 80.1 cm³/mol. The van der Waals surface area contributed by atoms with E-state index in [-0.39, 0.29) is 5.82 Å². The molecule has 0 saturated heterocycles. The zero-order valence-corrected chi connectivity index (χ0v) is 11.6. The van der Waals surface area contributed by atoms with E-state index in [2.05, 4.69) is 30.0 Å². The molecule has 0 saturated carbocycles. The number of nitrogens with zero attached hydrogens (tertiary/aromatic N) is 1. The number of rotatable bonds is 3. The van der Waals surface area contributed by atoms with E-state index in [0.29, 0.717) is 19.1 Å². The van der Waals surface area contributed by atoms with Crippen LogP contribution in [0.1, 0.15) is 23.6 Å². The van der Waals surface area contributed by atoms with Crippen LogP contribution in [0.15, 0.2) is 42.5 Å². The molecule has 2 nitrogen and oxygen atoms in total. The average molecular weight is 270 g/mol. The lowest BCUT2D eigenvalue weighted by Gasteiger charge is -2.25. The molecule has 3 heteroatoms. The lowest BCUT2D eigenvalue weighted by molar-refractivity contribution is 0.592. The van der Waals surface area contributed by atoms with Crippen LogP contribution in [-0.2, 0) is 19.5 Å². The van der Waals surface area contributed by atoms with Crippen LogP contribution in [-0.4, -0.2) is 6.04 Å². The highest BCUT2D eigenvalue weighted by Crippen LogP contribution is 2.33. The third-order valence-electron chi connectivity index (χ3n) is 4.03. The normalized spacial score (nSPS) is 17.4. The van der Waals surface area contributed by atoms with Gasteiger partial charge in [0, 0.05) is 30.4 Å². The van der Waals surface area contributed by atoms with E-state index in [0.717, 1.165) is 17.5 Å². The topological polar surface area (TPSA) is 29.3 Å². The van der Waals surface area contributed by atoms with Gasteiger partial charge in [0.05, 0.1) is 0 Å². The van der Waals surface area contributed by atoms with Gasteiger partial charge in [0.1, 0.15) is 5.82 Å². The number of halogens is 1. The molecule has 1 aliphatic heterocycles. The van der Waals surface area contributed by atoms with Crippen molar-refractivity contribution in [2.24, 2.45) is 5.73 Å². The van der Waals surface area contributed by atoms with Gasteiger partial charge in [-0.2, -0.15) is 0 Å². The van der Waals surface area contributed by atoms with Crippen LogP contribution in [0, 0.1) is 5.82 Å². The van der Waals surface area contributed by atoms with Crippen LogP contribution in [0.4, 0.5) is 10.1 Å². The van der Waals surface area contributed by atoms with Gasteiger partial charge in [-0.05, 0) is 42.7 Å². The van der Waals surface area contributed by atoms with E-state index < -0.39 is 0 Å². The first-order chi connectivity index (χ1) is 9.69. The highest BCUT2D eigenvalue weighted by molar-refractivity contribution is 5.59. The number of fused-ring (bicyclic) bond motifs is 1. The molecule has 1 heterocycles. The third kappa shape index (κ3) is 2.29. The van der Waals surface area contributed by atoms with Crippen LogP contribution in [0.2, 0.25) is 0 Å². The number of hydrogen-bond acceptors (Lipinski definition) is 2. The molecule has 0 spiro atoms. The van der Waals surface area contributed by atoms with Gasteiger partial charge in [0.2, 0.25) is 0 Å². The second-order valence-electron chi connectivity index (χ2n) is 5.44. The summed E-state index contributed by atoms with van der Waals surface area (Å²) >= 11 is 0. The van der Waals surface area contributed by atoms with Gasteiger partial charge in [-0.15, -0.1) is 0 Å². The van der Waals surface area contributed by atoms with E-state index in [9.17, 15) is 4.39 Å². The molecular weight excluding hydrogens is 251 g/mol. The maximum Gasteiger partial charge on any atom is 0.128 e. The van der Waals surface area contributed by atoms with Crippen LogP contribution >= 0.6 is 0 Å². The standard InChI is InChI=1S/C17H19FN2/c1-12-8-14-4-2-3-5-17(14)20(12)11-15-9-13(10-19)6-7-16(15)18/h2-7,9,12H,8,10-11,19H2,1H3. The molecule has 0 fully saturated rings. The Labute approximate surface area is 119 Å². The van der Waals surface area contributed by atoms with Crippen molar-refractivity contribution in [3.63, 3.8) is 0 Å². The molecule has 0 bridgehead atoms. The first-order valence-electron chi connectivity index (χ1n) is 7.01. The molecule has 2 aromatic rings. The predicted octanol–water partition coefficient (Wildman–Crippen LogP) is 3.24. The number of hydrogen-bond donors (Lipinski definition) is 1. The molecule has 1 atom stereocenters. The summed E-state index contributed by atoms with van der Waals surface area (Å²) in [6.45, 7) is 3.22. The summed E-state index contributed by atoms with van der Waals surface area (Å²) < 4.78 is 14.0. The second-order valence-corrected chi connectivity index (χ2v) is 5.44. The molecule has 1 unspecified atom stereocenters. The van der Waals surface area contributed by atoms with Gasteiger partial charge >= 0.3 is 0 Å². The molecule has 2 N–H and O–H groups in total. The number of benzene rings is 2. The van der Waals surface area contributed by atoms with E-state index in [4.69, 9.17) is 5.73 Å². The van der Waals surface area contributed by atoms with Crippen molar-refractivity contribution in [2.75, 3.05) is 4.90 Å². The monoisotopic (exact) mass is 270 g/mol. The number of para-hydroxylation sites is 1. The van der Waals surface area contributed by atoms with Crippen LogP contribution < -0.4 is 10.6 Å². The van der Waals surface area contributed by atoms with Gasteiger partial charge in [-0.1, -0.05) is 24.3 Å². The summed E-state index contributed by atoms with van der Waals surface area (Å²) in [6.07, 6.45) is 1.02. The highest BCUT2D eigenvalue weighted by Gasteiger charge is 2.26. The minimum Gasteiger partial charge on any atom is -0.364 e. The van der Waals surface area contributed by atoms with Gasteiger partial charge < -0.3 is 10.6 Å². The maximum absolute atomic E-state index is 14.0. The Bertz CT molecular complexity index is 624. The third-order valence-corrected chi connectivity index (χ3v) is 4.03. The van der Waals surface area contributed by atoms with E-state index >= 15 is 0 Å². The Morgan fingerprint density at radius 3 is 2.85 bits per heavy atom. The largest absolute Gasteiger partial charge is 0.364 e. The van der Waals surface area contributed by atoms with Crippen LogP contribution in [0.25, 0.3) is 0 Å². The van der Waals surface area contributed by atoms with E-state index in [1.54, 1.807) is 6.07 Å². The van der Waals surface area contributed by atoms with E-state index in [1.807, 2.05) is 12.1 Å². The fourth-order valence-electron chi connectivity index (χ4n) is 2.93. The molecule has 0 aromatic heterocycles. The summed E-state index contributed by atoms with van der Waals surface area (Å²) in [5.74, 6) is -0.154. The lowest BCUT2D eigenvalue weighted by atomic mass is 10.1. The summed E-state index contributed by atoms with van der Waals surface area (Å²) in [4.78, 5) is 2.27. The molecule has 3 rings (SSSR count). The van der Waals surface area contributed by atoms with Gasteiger partial charge in [-0.25, -0.2) is 4.39 Å². The van der Waals surface area contributed by atoms with Crippen molar-refractivity contribution in [3.05, 3.63) is 65.0 Å². The van der Waals surface area contributed by atoms with Gasteiger partial charge in [-0.3, -0.25) is 0 Å². The number of anilines is 1. The van der Waals surface area contributed by atoms with Gasteiger partial charge in [0.25, 0.3) is 0 Å². The van der Waals surface area contributed by atoms with Crippen molar-refractivity contribution in [1.29, 1.82) is 0 Å². The highest BCUT2D eigenvalue weighted by atomic mass is 19.1. The minimum absolute atomic E-state index is 0.154. The van der Waals surface area contributed by atoms with Gasteiger partial charge in [0.15, 0.2) is 0 Å². The van der Waals surface area contributed by atoms with Crippen LogP contribution in [0.5, 0.6) is 0 Å². The summed E-state index contributed by atoms with van der Waals surface area (Å²) in [5, 5.41) is 0. The first kappa shape index (κ1) is 13.1. The minimum atomic E-state index is -0.154. The number of nitrogens with two attached hydrogens (primary N) is 1. The van der Waals surface area contributed by atoms with Crippen molar-refractivity contribution in [2.45, 2.75) is 32.5 Å². The van der Waals surface area contributed by atoms with Crippen LogP contribution in [0.3, 0.4) is 0 Å². The smallest absolute Gasteiger partial charge is 0.128 e. The lowest BCUT2D eigenvalue weighted by Crippen LogP contribution is -2.29. The molecule has 1 aliphatic rings. The van der Waals surface area contributed by atoms with Crippen molar-refractivity contribution >= 4 is 5.69 Å². The molecule has 104 valence electrons. The molecule has 2 aromatic carbocycles.